The Hall–Kier alpha value is -6.58. The van der Waals surface area contributed by atoms with Gasteiger partial charge >= 0.3 is 0 Å². The standard InChI is InChI=1S/C56H44N2O/c1-4-10-39(11-5-1)41-16-18-44(19-17-41)55-57-51(43-20-23-47(24-21-43)56-33-36-26-37(34-56)28-38(27-36)35-56)32-52(58-55)46-30-48(42-14-8-3-9-15-42)54-50(31-46)49-29-45(22-25-53(49)59-54)40-12-6-2-7-13-40/h1-25,29-32,36-38H,26-28,33-35H2. The van der Waals surface area contributed by atoms with Crippen LogP contribution in [0.15, 0.2) is 180 Å². The minimum absolute atomic E-state index is 0.354. The normalized spacial score (nSPS) is 20.7. The molecule has 0 amide bonds. The van der Waals surface area contributed by atoms with Crippen molar-refractivity contribution >= 4 is 21.9 Å². The van der Waals surface area contributed by atoms with Crippen LogP contribution in [0.25, 0.3) is 89.2 Å². The molecule has 4 fully saturated rings. The highest BCUT2D eigenvalue weighted by Gasteiger charge is 2.51. The van der Waals surface area contributed by atoms with Crippen LogP contribution < -0.4 is 0 Å². The molecule has 2 heterocycles. The Bertz CT molecular complexity index is 2950. The largest absolute Gasteiger partial charge is 0.455 e. The third-order valence-corrected chi connectivity index (χ3v) is 13.9. The molecule has 0 radical (unpaired) electrons. The van der Waals surface area contributed by atoms with Gasteiger partial charge in [0, 0.05) is 33.0 Å². The van der Waals surface area contributed by atoms with Crippen molar-refractivity contribution < 1.29 is 4.42 Å². The summed E-state index contributed by atoms with van der Waals surface area (Å²) in [6, 6.07) is 63.1. The number of rotatable bonds is 7. The average molecular weight is 761 g/mol. The lowest BCUT2D eigenvalue weighted by Crippen LogP contribution is -2.48. The van der Waals surface area contributed by atoms with Gasteiger partial charge in [-0.2, -0.15) is 0 Å². The van der Waals surface area contributed by atoms with Crippen molar-refractivity contribution in [3.63, 3.8) is 0 Å². The van der Waals surface area contributed by atoms with Crippen LogP contribution in [0.4, 0.5) is 0 Å². The zero-order valence-corrected chi connectivity index (χ0v) is 33.0. The number of fused-ring (bicyclic) bond motifs is 3. The average Bonchev–Trinajstić information content (AvgIpc) is 3.67. The molecule has 0 unspecified atom stereocenters. The summed E-state index contributed by atoms with van der Waals surface area (Å²) in [5, 5.41) is 2.16. The fourth-order valence-electron chi connectivity index (χ4n) is 11.4. The molecule has 0 atom stereocenters. The molecule has 3 heteroatoms. The first-order valence-corrected chi connectivity index (χ1v) is 21.4. The van der Waals surface area contributed by atoms with E-state index in [0.29, 0.717) is 11.2 Å². The molecule has 3 nitrogen and oxygen atoms in total. The molecule has 0 N–H and O–H groups in total. The second-order valence-electron chi connectivity index (χ2n) is 17.6. The van der Waals surface area contributed by atoms with Gasteiger partial charge in [0.05, 0.1) is 11.4 Å². The quantitative estimate of drug-likeness (QED) is 0.162. The Labute approximate surface area is 345 Å². The Morgan fingerprint density at radius 1 is 0.407 bits per heavy atom. The molecule has 284 valence electrons. The van der Waals surface area contributed by atoms with Crippen molar-refractivity contribution in [2.75, 3.05) is 0 Å². The van der Waals surface area contributed by atoms with Gasteiger partial charge in [0.2, 0.25) is 0 Å². The summed E-state index contributed by atoms with van der Waals surface area (Å²) in [6.45, 7) is 0. The van der Waals surface area contributed by atoms with E-state index in [0.717, 1.165) is 84.5 Å². The van der Waals surface area contributed by atoms with E-state index in [1.54, 1.807) is 0 Å². The van der Waals surface area contributed by atoms with Crippen LogP contribution in [-0.2, 0) is 5.41 Å². The van der Waals surface area contributed by atoms with Crippen LogP contribution in [0, 0.1) is 17.8 Å². The molecule has 0 aliphatic heterocycles. The van der Waals surface area contributed by atoms with Crippen LogP contribution in [0.2, 0.25) is 0 Å². The number of nitrogens with zero attached hydrogens (tertiary/aromatic N) is 2. The van der Waals surface area contributed by atoms with Gasteiger partial charge in [-0.05, 0) is 125 Å². The summed E-state index contributed by atoms with van der Waals surface area (Å²) in [5.41, 5.74) is 15.4. The van der Waals surface area contributed by atoms with Crippen molar-refractivity contribution in [1.82, 2.24) is 9.97 Å². The van der Waals surface area contributed by atoms with E-state index in [1.807, 2.05) is 0 Å². The molecule has 4 bridgehead atoms. The van der Waals surface area contributed by atoms with Gasteiger partial charge in [-0.3, -0.25) is 0 Å². The second-order valence-corrected chi connectivity index (χ2v) is 17.6. The number of furan rings is 1. The van der Waals surface area contributed by atoms with E-state index in [4.69, 9.17) is 14.4 Å². The first-order chi connectivity index (χ1) is 29.1. The van der Waals surface area contributed by atoms with Gasteiger partial charge < -0.3 is 4.42 Å². The van der Waals surface area contributed by atoms with Crippen LogP contribution in [0.5, 0.6) is 0 Å². The van der Waals surface area contributed by atoms with E-state index in [1.165, 1.54) is 60.8 Å². The van der Waals surface area contributed by atoms with Gasteiger partial charge in [0.15, 0.2) is 5.82 Å². The van der Waals surface area contributed by atoms with E-state index < -0.39 is 0 Å². The molecule has 13 rings (SSSR count). The first kappa shape index (κ1) is 34.5. The number of benzene rings is 7. The van der Waals surface area contributed by atoms with Crippen LogP contribution in [-0.4, -0.2) is 9.97 Å². The smallest absolute Gasteiger partial charge is 0.160 e. The van der Waals surface area contributed by atoms with E-state index in [2.05, 4.69) is 176 Å². The molecule has 9 aromatic rings. The van der Waals surface area contributed by atoms with E-state index in [9.17, 15) is 0 Å². The van der Waals surface area contributed by atoms with Crippen LogP contribution >= 0.6 is 0 Å². The highest BCUT2D eigenvalue weighted by atomic mass is 16.3. The van der Waals surface area contributed by atoms with Crippen molar-refractivity contribution in [3.8, 4) is 67.3 Å². The van der Waals surface area contributed by atoms with Gasteiger partial charge in [-0.1, -0.05) is 146 Å². The maximum absolute atomic E-state index is 6.72. The van der Waals surface area contributed by atoms with Crippen LogP contribution in [0.3, 0.4) is 0 Å². The van der Waals surface area contributed by atoms with Crippen LogP contribution in [0.1, 0.15) is 44.1 Å². The fourth-order valence-corrected chi connectivity index (χ4v) is 11.4. The third kappa shape index (κ3) is 6.11. The first-order valence-electron chi connectivity index (χ1n) is 21.4. The summed E-state index contributed by atoms with van der Waals surface area (Å²) >= 11 is 0. The fraction of sp³-hybridized carbons (Fsp3) is 0.179. The monoisotopic (exact) mass is 760 g/mol. The molecule has 0 spiro atoms. The molecule has 4 saturated carbocycles. The highest BCUT2D eigenvalue weighted by molar-refractivity contribution is 6.12. The SMILES string of the molecule is c1ccc(-c2ccc(-c3nc(-c4ccc(C56CC7CC(CC(C7)C5)C6)cc4)cc(-c4cc(-c5ccccc5)c5oc6ccc(-c7ccccc7)cc6c5c4)n3)cc2)cc1. The molecular weight excluding hydrogens is 717 g/mol. The van der Waals surface area contributed by atoms with Gasteiger partial charge in [0.25, 0.3) is 0 Å². The van der Waals surface area contributed by atoms with Crippen molar-refractivity contribution in [3.05, 3.63) is 181 Å². The topological polar surface area (TPSA) is 38.9 Å². The molecule has 7 aromatic carbocycles. The Morgan fingerprint density at radius 2 is 0.898 bits per heavy atom. The number of hydrogen-bond donors (Lipinski definition) is 0. The minimum Gasteiger partial charge on any atom is -0.455 e. The third-order valence-electron chi connectivity index (χ3n) is 13.9. The van der Waals surface area contributed by atoms with Crippen molar-refractivity contribution in [2.24, 2.45) is 17.8 Å². The Balaban J connectivity index is 1.02. The molecule has 2 aromatic heterocycles. The summed E-state index contributed by atoms with van der Waals surface area (Å²) in [7, 11) is 0. The van der Waals surface area contributed by atoms with E-state index in [-0.39, 0.29) is 0 Å². The number of hydrogen-bond acceptors (Lipinski definition) is 3. The van der Waals surface area contributed by atoms with Crippen molar-refractivity contribution in [2.45, 2.75) is 43.9 Å². The lowest BCUT2D eigenvalue weighted by Gasteiger charge is -2.57. The molecule has 59 heavy (non-hydrogen) atoms. The van der Waals surface area contributed by atoms with Gasteiger partial charge in [-0.25, -0.2) is 9.97 Å². The maximum Gasteiger partial charge on any atom is 0.160 e. The summed E-state index contributed by atoms with van der Waals surface area (Å²) in [4.78, 5) is 10.7. The summed E-state index contributed by atoms with van der Waals surface area (Å²) in [6.07, 6.45) is 8.45. The molecule has 0 saturated heterocycles. The second kappa shape index (κ2) is 13.8. The van der Waals surface area contributed by atoms with Gasteiger partial charge in [0.1, 0.15) is 11.2 Å². The lowest BCUT2D eigenvalue weighted by atomic mass is 9.48. The lowest BCUT2D eigenvalue weighted by molar-refractivity contribution is -0.00518. The maximum atomic E-state index is 6.72. The Kier molecular flexibility index (Phi) is 8.04. The molecule has 4 aliphatic carbocycles. The molecule has 4 aliphatic rings. The predicted molar refractivity (Wildman–Crippen MR) is 242 cm³/mol. The van der Waals surface area contributed by atoms with Gasteiger partial charge in [-0.15, -0.1) is 0 Å². The Morgan fingerprint density at radius 3 is 1.53 bits per heavy atom. The van der Waals surface area contributed by atoms with E-state index >= 15 is 0 Å². The zero-order chi connectivity index (χ0) is 38.9. The minimum atomic E-state index is 0.354. The zero-order valence-electron chi connectivity index (χ0n) is 33.0. The predicted octanol–water partition coefficient (Wildman–Crippen LogP) is 14.8. The molecular formula is C56H44N2O. The highest BCUT2D eigenvalue weighted by Crippen LogP contribution is 2.60. The summed E-state index contributed by atoms with van der Waals surface area (Å²) < 4.78 is 6.72. The summed E-state index contributed by atoms with van der Waals surface area (Å²) in [5.74, 6) is 3.46. The number of aromatic nitrogens is 2. The van der Waals surface area contributed by atoms with Crippen molar-refractivity contribution in [1.29, 1.82) is 0 Å².